The van der Waals surface area contributed by atoms with Crippen LogP contribution in [0.25, 0.3) is 0 Å². The molecule has 3 atom stereocenters. The molecule has 0 spiro atoms. The molecule has 106 valence electrons. The molecular formula is C13H18F3N3. The molecule has 1 aromatic rings. The third kappa shape index (κ3) is 3.23. The number of aromatic nitrogens is 2. The van der Waals surface area contributed by atoms with Crippen molar-refractivity contribution in [2.24, 2.45) is 11.8 Å². The molecule has 0 saturated heterocycles. The number of hydrogen-bond donors (Lipinski definition) is 1. The summed E-state index contributed by atoms with van der Waals surface area (Å²) in [6.07, 6.45) is 2.74. The van der Waals surface area contributed by atoms with Crippen molar-refractivity contribution in [3.63, 3.8) is 0 Å². The largest absolute Gasteiger partial charge is 0.392 e. The number of hydrogen-bond acceptors (Lipinski definition) is 3. The number of nitrogens with one attached hydrogen (secondary N) is 1. The molecule has 1 heterocycles. The maximum Gasteiger partial charge on any atom is 0.392 e. The van der Waals surface area contributed by atoms with Gasteiger partial charge < -0.3 is 5.32 Å². The monoisotopic (exact) mass is 273 g/mol. The van der Waals surface area contributed by atoms with E-state index in [1.807, 2.05) is 0 Å². The first-order chi connectivity index (χ1) is 9.04. The summed E-state index contributed by atoms with van der Waals surface area (Å²) in [6, 6.07) is -0.388. The zero-order valence-electron chi connectivity index (χ0n) is 10.8. The van der Waals surface area contributed by atoms with Crippen molar-refractivity contribution in [3.05, 3.63) is 24.3 Å². The lowest BCUT2D eigenvalue weighted by Crippen LogP contribution is -2.40. The number of nitrogens with zero attached hydrogens (tertiary/aromatic N) is 2. The fourth-order valence-electron chi connectivity index (χ4n) is 3.02. The Morgan fingerprint density at radius 1 is 1.26 bits per heavy atom. The SMILES string of the molecule is CNC(c1cnccn1)C1CCCCC1C(F)(F)F. The second-order valence-corrected chi connectivity index (χ2v) is 4.99. The van der Waals surface area contributed by atoms with Crippen LogP contribution in [-0.4, -0.2) is 23.2 Å². The number of halogens is 3. The molecular weight excluding hydrogens is 255 g/mol. The summed E-state index contributed by atoms with van der Waals surface area (Å²) in [6.45, 7) is 0. The Kier molecular flexibility index (Phi) is 4.39. The first-order valence-electron chi connectivity index (χ1n) is 6.54. The summed E-state index contributed by atoms with van der Waals surface area (Å²) in [5, 5.41) is 2.99. The van der Waals surface area contributed by atoms with E-state index in [1.165, 1.54) is 12.4 Å². The Morgan fingerprint density at radius 2 is 2.00 bits per heavy atom. The van der Waals surface area contributed by atoms with Crippen molar-refractivity contribution in [1.82, 2.24) is 15.3 Å². The summed E-state index contributed by atoms with van der Waals surface area (Å²) < 4.78 is 39.4. The molecule has 3 unspecified atom stereocenters. The second-order valence-electron chi connectivity index (χ2n) is 4.99. The van der Waals surface area contributed by atoms with Gasteiger partial charge in [-0.15, -0.1) is 0 Å². The van der Waals surface area contributed by atoms with Crippen LogP contribution in [0.1, 0.15) is 37.4 Å². The van der Waals surface area contributed by atoms with Gasteiger partial charge in [0, 0.05) is 18.6 Å². The van der Waals surface area contributed by atoms with E-state index in [-0.39, 0.29) is 12.5 Å². The van der Waals surface area contributed by atoms with Crippen LogP contribution < -0.4 is 5.32 Å². The molecule has 6 heteroatoms. The Balaban J connectivity index is 2.25. The Morgan fingerprint density at radius 3 is 2.58 bits per heavy atom. The van der Waals surface area contributed by atoms with Crippen LogP contribution in [0.3, 0.4) is 0 Å². The zero-order chi connectivity index (χ0) is 13.9. The molecule has 1 fully saturated rings. The number of alkyl halides is 3. The lowest BCUT2D eigenvalue weighted by molar-refractivity contribution is -0.199. The van der Waals surface area contributed by atoms with E-state index in [0.717, 1.165) is 6.42 Å². The molecule has 0 amide bonds. The van der Waals surface area contributed by atoms with Gasteiger partial charge in [-0.1, -0.05) is 12.8 Å². The molecule has 1 aromatic heterocycles. The van der Waals surface area contributed by atoms with Crippen LogP contribution in [0.2, 0.25) is 0 Å². The van der Waals surface area contributed by atoms with E-state index in [2.05, 4.69) is 15.3 Å². The molecule has 1 N–H and O–H groups in total. The maximum atomic E-state index is 13.1. The molecule has 3 nitrogen and oxygen atoms in total. The van der Waals surface area contributed by atoms with E-state index in [0.29, 0.717) is 18.5 Å². The highest BCUT2D eigenvalue weighted by Gasteiger charge is 2.48. The zero-order valence-corrected chi connectivity index (χ0v) is 10.8. The Bertz CT molecular complexity index is 394. The molecule has 0 aromatic carbocycles. The lowest BCUT2D eigenvalue weighted by Gasteiger charge is -2.37. The summed E-state index contributed by atoms with van der Waals surface area (Å²) >= 11 is 0. The molecule has 0 aliphatic heterocycles. The van der Waals surface area contributed by atoms with E-state index in [9.17, 15) is 13.2 Å². The molecule has 19 heavy (non-hydrogen) atoms. The van der Waals surface area contributed by atoms with Crippen molar-refractivity contribution < 1.29 is 13.2 Å². The summed E-state index contributed by atoms with van der Waals surface area (Å²) in [4.78, 5) is 8.10. The third-order valence-corrected chi connectivity index (χ3v) is 3.88. The van der Waals surface area contributed by atoms with Crippen molar-refractivity contribution >= 4 is 0 Å². The highest BCUT2D eigenvalue weighted by Crippen LogP contribution is 2.46. The van der Waals surface area contributed by atoms with E-state index < -0.39 is 18.0 Å². The minimum atomic E-state index is -4.14. The van der Waals surface area contributed by atoms with Gasteiger partial charge in [0.15, 0.2) is 0 Å². The van der Waals surface area contributed by atoms with Gasteiger partial charge >= 0.3 is 6.18 Å². The maximum absolute atomic E-state index is 13.1. The standard InChI is InChI=1S/C13H18F3N3/c1-17-12(11-8-18-6-7-19-11)9-4-2-3-5-10(9)13(14,15)16/h6-10,12,17H,2-5H2,1H3. The van der Waals surface area contributed by atoms with Gasteiger partial charge in [-0.25, -0.2) is 0 Å². The molecule has 2 rings (SSSR count). The second kappa shape index (κ2) is 5.86. The fourth-order valence-corrected chi connectivity index (χ4v) is 3.02. The van der Waals surface area contributed by atoms with E-state index >= 15 is 0 Å². The van der Waals surface area contributed by atoms with Gasteiger partial charge in [0.25, 0.3) is 0 Å². The van der Waals surface area contributed by atoms with Gasteiger partial charge in [-0.2, -0.15) is 13.2 Å². The molecule has 1 aliphatic rings. The average Bonchev–Trinajstić information content (AvgIpc) is 2.40. The molecule has 1 saturated carbocycles. The van der Waals surface area contributed by atoms with Crippen LogP contribution in [0.4, 0.5) is 13.2 Å². The van der Waals surface area contributed by atoms with Crippen LogP contribution in [0.15, 0.2) is 18.6 Å². The van der Waals surface area contributed by atoms with Crippen molar-refractivity contribution in [2.75, 3.05) is 7.05 Å². The quantitative estimate of drug-likeness (QED) is 0.919. The van der Waals surface area contributed by atoms with Gasteiger partial charge in [-0.3, -0.25) is 9.97 Å². The van der Waals surface area contributed by atoms with Crippen molar-refractivity contribution in [3.8, 4) is 0 Å². The highest BCUT2D eigenvalue weighted by molar-refractivity contribution is 5.06. The third-order valence-electron chi connectivity index (χ3n) is 3.88. The van der Waals surface area contributed by atoms with Crippen LogP contribution in [-0.2, 0) is 0 Å². The van der Waals surface area contributed by atoms with Gasteiger partial charge in [0.05, 0.1) is 17.7 Å². The number of rotatable bonds is 3. The Hall–Kier alpha value is -1.17. The summed E-state index contributed by atoms with van der Waals surface area (Å²) in [7, 11) is 1.68. The van der Waals surface area contributed by atoms with Gasteiger partial charge in [0.1, 0.15) is 0 Å². The average molecular weight is 273 g/mol. The fraction of sp³-hybridized carbons (Fsp3) is 0.692. The lowest BCUT2D eigenvalue weighted by atomic mass is 9.74. The highest BCUT2D eigenvalue weighted by atomic mass is 19.4. The van der Waals surface area contributed by atoms with Crippen LogP contribution in [0.5, 0.6) is 0 Å². The predicted molar refractivity (Wildman–Crippen MR) is 65.3 cm³/mol. The molecule has 0 bridgehead atoms. The van der Waals surface area contributed by atoms with Gasteiger partial charge in [0.2, 0.25) is 0 Å². The minimum Gasteiger partial charge on any atom is -0.311 e. The Labute approximate surface area is 110 Å². The van der Waals surface area contributed by atoms with Crippen molar-refractivity contribution in [1.29, 1.82) is 0 Å². The molecule has 1 aliphatic carbocycles. The predicted octanol–water partition coefficient (Wildman–Crippen LogP) is 3.11. The van der Waals surface area contributed by atoms with Gasteiger partial charge in [-0.05, 0) is 25.8 Å². The van der Waals surface area contributed by atoms with E-state index in [4.69, 9.17) is 0 Å². The smallest absolute Gasteiger partial charge is 0.311 e. The van der Waals surface area contributed by atoms with Crippen molar-refractivity contribution in [2.45, 2.75) is 37.9 Å². The summed E-state index contributed by atoms with van der Waals surface area (Å²) in [5.74, 6) is -1.71. The molecule has 0 radical (unpaired) electrons. The first kappa shape index (κ1) is 14.2. The first-order valence-corrected chi connectivity index (χ1v) is 6.54. The minimum absolute atomic E-state index is 0.215. The van der Waals surface area contributed by atoms with Crippen LogP contribution in [0, 0.1) is 11.8 Å². The normalized spacial score (nSPS) is 26.1. The van der Waals surface area contributed by atoms with Crippen LogP contribution >= 0.6 is 0 Å². The summed E-state index contributed by atoms with van der Waals surface area (Å²) in [5.41, 5.74) is 0.589. The van der Waals surface area contributed by atoms with E-state index in [1.54, 1.807) is 13.2 Å². The topological polar surface area (TPSA) is 37.8 Å².